The van der Waals surface area contributed by atoms with Crippen molar-refractivity contribution in [3.05, 3.63) is 0 Å². The van der Waals surface area contributed by atoms with Gasteiger partial charge in [-0.05, 0) is 26.7 Å². The summed E-state index contributed by atoms with van der Waals surface area (Å²) in [7, 11) is 1.31. The first-order valence-electron chi connectivity index (χ1n) is 9.81. The number of thioether (sulfide) groups is 1. The highest BCUT2D eigenvalue weighted by atomic mass is 32.2. The van der Waals surface area contributed by atoms with Gasteiger partial charge in [0.05, 0.1) is 25.4 Å². The summed E-state index contributed by atoms with van der Waals surface area (Å²) < 4.78 is 17.8. The van der Waals surface area contributed by atoms with Crippen LogP contribution in [0.2, 0.25) is 0 Å². The number of rotatable bonds is 9. The molecule has 3 rings (SSSR count). The number of nitrogen functional groups attached to an aromatic ring is 1. The summed E-state index contributed by atoms with van der Waals surface area (Å²) in [6.45, 7) is 5.04. The van der Waals surface area contributed by atoms with Crippen molar-refractivity contribution in [1.82, 2.24) is 25.0 Å². The lowest BCUT2D eigenvalue weighted by Crippen LogP contribution is -2.33. The van der Waals surface area contributed by atoms with Gasteiger partial charge in [0, 0.05) is 12.2 Å². The molecule has 2 aromatic rings. The number of anilines is 1. The van der Waals surface area contributed by atoms with Crippen molar-refractivity contribution in [2.45, 2.75) is 69.2 Å². The lowest BCUT2D eigenvalue weighted by Gasteiger charge is -2.27. The third-order valence-corrected chi connectivity index (χ3v) is 5.67. The van der Waals surface area contributed by atoms with E-state index in [4.69, 9.17) is 15.2 Å². The molecule has 0 aliphatic heterocycles. The third-order valence-electron chi connectivity index (χ3n) is 4.61. The van der Waals surface area contributed by atoms with Gasteiger partial charge in [0.2, 0.25) is 0 Å². The van der Waals surface area contributed by atoms with Crippen LogP contribution in [-0.4, -0.2) is 73.5 Å². The van der Waals surface area contributed by atoms with Crippen LogP contribution in [0.25, 0.3) is 11.2 Å². The normalized spacial score (nSPS) is 22.0. The molecule has 1 fully saturated rings. The van der Waals surface area contributed by atoms with E-state index < -0.39 is 17.9 Å². The van der Waals surface area contributed by atoms with Crippen LogP contribution in [0.1, 0.15) is 46.1 Å². The molecule has 1 aliphatic rings. The van der Waals surface area contributed by atoms with Gasteiger partial charge in [0.25, 0.3) is 0 Å². The zero-order valence-corrected chi connectivity index (χ0v) is 18.4. The van der Waals surface area contributed by atoms with Crippen molar-refractivity contribution < 1.29 is 24.1 Å². The average Bonchev–Trinajstić information content (AvgIpc) is 3.27. The van der Waals surface area contributed by atoms with Crippen LogP contribution in [-0.2, 0) is 19.0 Å². The molecule has 0 radical (unpaired) electrons. The molecule has 0 saturated heterocycles. The number of nitrogens with two attached hydrogens (primary N) is 1. The van der Waals surface area contributed by atoms with E-state index in [2.05, 4.69) is 31.9 Å². The molecule has 0 bridgehead atoms. The van der Waals surface area contributed by atoms with Gasteiger partial charge in [0.15, 0.2) is 27.9 Å². The minimum absolute atomic E-state index is 0.159. The first-order valence-corrected chi connectivity index (χ1v) is 10.8. The number of aliphatic hydroxyl groups is 1. The molecule has 30 heavy (non-hydrogen) atoms. The summed E-state index contributed by atoms with van der Waals surface area (Å²) in [5, 5.41) is 19.2. The van der Waals surface area contributed by atoms with Crippen molar-refractivity contribution in [2.75, 3.05) is 25.2 Å². The second-order valence-corrected chi connectivity index (χ2v) is 8.66. The van der Waals surface area contributed by atoms with Gasteiger partial charge >= 0.3 is 5.97 Å². The fourth-order valence-corrected chi connectivity index (χ4v) is 4.08. The maximum atomic E-state index is 11.4. The van der Waals surface area contributed by atoms with E-state index in [-0.39, 0.29) is 24.6 Å². The summed E-state index contributed by atoms with van der Waals surface area (Å²) in [6.07, 6.45) is 1.23. The molecule has 1 saturated carbocycles. The number of methoxy groups -OCH3 is 1. The van der Waals surface area contributed by atoms with E-state index in [1.807, 2.05) is 0 Å². The van der Waals surface area contributed by atoms with Crippen LogP contribution in [0, 0.1) is 0 Å². The van der Waals surface area contributed by atoms with Gasteiger partial charge in [0.1, 0.15) is 6.61 Å². The second kappa shape index (κ2) is 9.41. The highest BCUT2D eigenvalue weighted by Gasteiger charge is 2.41. The Labute approximate surface area is 178 Å². The number of aromatic nitrogens is 5. The number of carbonyl (C=O) groups is 1. The van der Waals surface area contributed by atoms with Gasteiger partial charge in [-0.15, -0.1) is 5.10 Å². The highest BCUT2D eigenvalue weighted by Crippen LogP contribution is 2.37. The monoisotopic (exact) mass is 440 g/mol. The molecule has 3 N–H and O–H groups in total. The van der Waals surface area contributed by atoms with Crippen LogP contribution in [0.3, 0.4) is 0 Å². The Hall–Kier alpha value is -2.02. The summed E-state index contributed by atoms with van der Waals surface area (Å²) >= 11 is 1.51. The number of hydrogen-bond acceptors (Lipinski definition) is 11. The molecule has 1 aliphatic carbocycles. The lowest BCUT2D eigenvalue weighted by molar-refractivity contribution is -0.212. The van der Waals surface area contributed by atoms with Crippen molar-refractivity contribution in [1.29, 1.82) is 0 Å². The standard InChI is InChI=1S/C18H28N6O5S/c1-5-6-30-17-20-15(19)14-16(21-17)24(23-22-14)11-7-10(28-9-13(25)27-4)8-12(11)29-18(2,3)26/h10-12,26H,5-9H2,1-4H3,(H2,19,20,21). The minimum atomic E-state index is -1.35. The summed E-state index contributed by atoms with van der Waals surface area (Å²) in [5.74, 6) is -0.680. The van der Waals surface area contributed by atoms with E-state index in [0.29, 0.717) is 29.2 Å². The Morgan fingerprint density at radius 1 is 1.37 bits per heavy atom. The molecule has 2 aromatic heterocycles. The Balaban J connectivity index is 1.90. The molecule has 3 unspecified atom stereocenters. The fraction of sp³-hybridized carbons (Fsp3) is 0.722. The Morgan fingerprint density at radius 3 is 2.80 bits per heavy atom. The van der Waals surface area contributed by atoms with Crippen molar-refractivity contribution in [3.63, 3.8) is 0 Å². The van der Waals surface area contributed by atoms with E-state index in [1.165, 1.54) is 18.9 Å². The largest absolute Gasteiger partial charge is 0.467 e. The summed E-state index contributed by atoms with van der Waals surface area (Å²) in [5.41, 5.74) is 6.99. The van der Waals surface area contributed by atoms with Gasteiger partial charge in [-0.2, -0.15) is 0 Å². The topological polar surface area (TPSA) is 148 Å². The van der Waals surface area contributed by atoms with Gasteiger partial charge in [-0.3, -0.25) is 0 Å². The van der Waals surface area contributed by atoms with Crippen LogP contribution >= 0.6 is 11.8 Å². The molecule has 3 atom stereocenters. The SMILES string of the molecule is CCCSc1nc(N)c2nnn(C3CC(OCC(=O)OC)CC3OC(C)(C)O)c2n1. The Bertz CT molecular complexity index is 886. The van der Waals surface area contributed by atoms with Crippen LogP contribution in [0.15, 0.2) is 5.16 Å². The van der Waals surface area contributed by atoms with Gasteiger partial charge in [-0.1, -0.05) is 23.9 Å². The molecule has 0 spiro atoms. The molecular weight excluding hydrogens is 412 g/mol. The van der Waals surface area contributed by atoms with E-state index >= 15 is 0 Å². The quantitative estimate of drug-likeness (QED) is 0.252. The molecule has 11 nitrogen and oxygen atoms in total. The second-order valence-electron chi connectivity index (χ2n) is 7.60. The number of fused-ring (bicyclic) bond motifs is 1. The number of esters is 1. The molecule has 2 heterocycles. The molecule has 0 amide bonds. The van der Waals surface area contributed by atoms with Crippen LogP contribution < -0.4 is 5.73 Å². The zero-order valence-electron chi connectivity index (χ0n) is 17.6. The average molecular weight is 441 g/mol. The van der Waals surface area contributed by atoms with Gasteiger partial charge < -0.3 is 25.1 Å². The summed E-state index contributed by atoms with van der Waals surface area (Å²) in [6, 6.07) is -0.317. The van der Waals surface area contributed by atoms with Crippen LogP contribution in [0.5, 0.6) is 0 Å². The molecular formula is C18H28N6O5S. The Kier molecular flexibility index (Phi) is 7.11. The molecule has 12 heteroatoms. The van der Waals surface area contributed by atoms with E-state index in [0.717, 1.165) is 12.2 Å². The van der Waals surface area contributed by atoms with Crippen molar-refractivity contribution in [3.8, 4) is 0 Å². The fourth-order valence-electron chi connectivity index (χ4n) is 3.38. The molecule has 166 valence electrons. The Morgan fingerprint density at radius 2 is 2.13 bits per heavy atom. The van der Waals surface area contributed by atoms with Gasteiger partial charge in [-0.25, -0.2) is 19.4 Å². The van der Waals surface area contributed by atoms with E-state index in [1.54, 1.807) is 18.5 Å². The summed E-state index contributed by atoms with van der Waals surface area (Å²) in [4.78, 5) is 20.3. The zero-order chi connectivity index (χ0) is 21.9. The van der Waals surface area contributed by atoms with E-state index in [9.17, 15) is 9.90 Å². The number of nitrogens with zero attached hydrogens (tertiary/aromatic N) is 5. The minimum Gasteiger partial charge on any atom is -0.467 e. The smallest absolute Gasteiger partial charge is 0.331 e. The van der Waals surface area contributed by atoms with Crippen molar-refractivity contribution >= 4 is 34.7 Å². The predicted octanol–water partition coefficient (Wildman–Crippen LogP) is 1.31. The number of hydrogen-bond donors (Lipinski definition) is 2. The highest BCUT2D eigenvalue weighted by molar-refractivity contribution is 7.99. The van der Waals surface area contributed by atoms with Crippen LogP contribution in [0.4, 0.5) is 5.82 Å². The first-order chi connectivity index (χ1) is 14.2. The lowest BCUT2D eigenvalue weighted by atomic mass is 10.2. The number of carbonyl (C=O) groups excluding carboxylic acids is 1. The maximum Gasteiger partial charge on any atom is 0.331 e. The third kappa shape index (κ3) is 5.36. The predicted molar refractivity (Wildman–Crippen MR) is 110 cm³/mol. The number of ether oxygens (including phenoxy) is 3. The first kappa shape index (κ1) is 22.7. The molecule has 0 aromatic carbocycles. The maximum absolute atomic E-state index is 11.4. The van der Waals surface area contributed by atoms with Crippen molar-refractivity contribution in [2.24, 2.45) is 0 Å².